The summed E-state index contributed by atoms with van der Waals surface area (Å²) in [6, 6.07) is 10.5. The number of amides is 1. The molecule has 14 heteroatoms. The van der Waals surface area contributed by atoms with Crippen LogP contribution in [0.4, 0.5) is 16.0 Å². The van der Waals surface area contributed by atoms with Gasteiger partial charge in [0.05, 0.1) is 23.3 Å². The second kappa shape index (κ2) is 9.87. The summed E-state index contributed by atoms with van der Waals surface area (Å²) < 4.78 is 16.1. The fraction of sp³-hybridized carbons (Fsp3) is 0.185. The number of nitrogen functional groups attached to an aromatic ring is 1. The molecule has 4 heterocycles. The molecule has 0 aliphatic carbocycles. The van der Waals surface area contributed by atoms with Gasteiger partial charge in [0, 0.05) is 27.8 Å². The largest absolute Gasteiger partial charge is 0.480 e. The normalized spacial score (nSPS) is 17.0. The summed E-state index contributed by atoms with van der Waals surface area (Å²) in [7, 11) is 0. The van der Waals surface area contributed by atoms with Crippen LogP contribution in [-0.2, 0) is 28.0 Å². The number of carbonyl (C=O) groups is 2. The minimum atomic E-state index is -1.31. The van der Waals surface area contributed by atoms with Gasteiger partial charge in [0.15, 0.2) is 5.82 Å². The van der Waals surface area contributed by atoms with Gasteiger partial charge >= 0.3 is 5.97 Å². The number of nitrogens with two attached hydrogens (primary N) is 2. The maximum Gasteiger partial charge on any atom is 0.320 e. The zero-order valence-electron chi connectivity index (χ0n) is 21.4. The Bertz CT molecular complexity index is 1870. The van der Waals surface area contributed by atoms with Crippen LogP contribution in [0, 0.1) is 5.82 Å². The highest BCUT2D eigenvalue weighted by Crippen LogP contribution is 2.46. The number of hydrogen-bond acceptors (Lipinski definition) is 9. The van der Waals surface area contributed by atoms with Crippen molar-refractivity contribution in [1.29, 1.82) is 0 Å². The van der Waals surface area contributed by atoms with Gasteiger partial charge in [-0.05, 0) is 31.2 Å². The van der Waals surface area contributed by atoms with E-state index in [1.165, 1.54) is 17.4 Å². The van der Waals surface area contributed by atoms with Crippen molar-refractivity contribution < 1.29 is 19.1 Å². The predicted octanol–water partition coefficient (Wildman–Crippen LogP) is 3.59. The monoisotopic (exact) mass is 592 g/mol. The zero-order chi connectivity index (χ0) is 29.1. The molecule has 41 heavy (non-hydrogen) atoms. The fourth-order valence-electron chi connectivity index (χ4n) is 4.88. The Hall–Kier alpha value is -4.46. The number of aliphatic carboxylic acids is 1. The minimum Gasteiger partial charge on any atom is -0.480 e. The Morgan fingerprint density at radius 1 is 1.24 bits per heavy atom. The summed E-state index contributed by atoms with van der Waals surface area (Å²) in [5.74, 6) is -1.49. The molecule has 2 unspecified atom stereocenters. The number of thiazole rings is 1. The fourth-order valence-corrected chi connectivity index (χ4v) is 6.04. The van der Waals surface area contributed by atoms with Gasteiger partial charge in [0.25, 0.3) is 0 Å². The second-order valence-corrected chi connectivity index (χ2v) is 11.1. The number of halogens is 2. The molecule has 1 aliphatic heterocycles. The smallest absolute Gasteiger partial charge is 0.320 e. The van der Waals surface area contributed by atoms with E-state index in [0.29, 0.717) is 43.4 Å². The van der Waals surface area contributed by atoms with Crippen LogP contribution in [0.3, 0.4) is 0 Å². The molecule has 3 aromatic heterocycles. The summed E-state index contributed by atoms with van der Waals surface area (Å²) in [5.41, 5.74) is 13.1. The maximum atomic E-state index is 14.5. The van der Waals surface area contributed by atoms with E-state index < -0.39 is 23.3 Å². The van der Waals surface area contributed by atoms with E-state index >= 15 is 0 Å². The van der Waals surface area contributed by atoms with Crippen molar-refractivity contribution in [3.63, 3.8) is 0 Å². The van der Waals surface area contributed by atoms with Gasteiger partial charge in [-0.2, -0.15) is 5.10 Å². The summed E-state index contributed by atoms with van der Waals surface area (Å²) in [6.07, 6.45) is 0.00788. The number of hydrogen-bond donors (Lipinski definition) is 4. The van der Waals surface area contributed by atoms with Gasteiger partial charge in [-0.25, -0.2) is 19.3 Å². The average Bonchev–Trinajstić information content (AvgIpc) is 3.61. The Balaban J connectivity index is 1.42. The van der Waals surface area contributed by atoms with Crippen molar-refractivity contribution in [1.82, 2.24) is 24.7 Å². The maximum absolute atomic E-state index is 14.5. The molecule has 0 saturated carbocycles. The summed E-state index contributed by atoms with van der Waals surface area (Å²) >= 11 is 7.47. The third-order valence-corrected chi connectivity index (χ3v) is 8.40. The summed E-state index contributed by atoms with van der Waals surface area (Å²) in [6.45, 7) is 1.80. The highest BCUT2D eigenvalue weighted by molar-refractivity contribution is 7.10. The lowest BCUT2D eigenvalue weighted by Crippen LogP contribution is -2.34. The third-order valence-electron chi connectivity index (χ3n) is 7.05. The van der Waals surface area contributed by atoms with Gasteiger partial charge in [-0.1, -0.05) is 29.8 Å². The van der Waals surface area contributed by atoms with Crippen LogP contribution in [0.5, 0.6) is 0 Å². The van der Waals surface area contributed by atoms with Crippen molar-refractivity contribution >= 4 is 57.4 Å². The second-order valence-electron chi connectivity index (χ2n) is 9.79. The van der Waals surface area contributed by atoms with Crippen LogP contribution in [0.1, 0.15) is 28.8 Å². The van der Waals surface area contributed by atoms with Crippen LogP contribution in [-0.4, -0.2) is 47.8 Å². The van der Waals surface area contributed by atoms with E-state index in [1.807, 2.05) is 0 Å². The summed E-state index contributed by atoms with van der Waals surface area (Å²) in [5, 5.41) is 19.8. The molecule has 6 rings (SSSR count). The van der Waals surface area contributed by atoms with Gasteiger partial charge in [0.1, 0.15) is 39.6 Å². The molecule has 0 spiro atoms. The molecule has 208 valence electrons. The lowest BCUT2D eigenvalue weighted by Gasteiger charge is -2.20. The standard InChI is InChI=1S/C27H22ClFN8O3S/c1-27(26-32-14(11-41-26)9-17(30)24(38)39)19-21(31)33-23(34-22(19)35-25(27)40)20-15-7-6-13(28)8-18(15)37(36-20)10-12-4-2-3-5-16(12)29/h2-8,11,17H,9-10,30H2,1H3,(H,38,39)(H3,31,33,34,35,40). The first-order valence-electron chi connectivity index (χ1n) is 12.4. The molecule has 0 saturated heterocycles. The van der Waals surface area contributed by atoms with Gasteiger partial charge in [0.2, 0.25) is 5.91 Å². The molecule has 1 aliphatic rings. The van der Waals surface area contributed by atoms with Crippen molar-refractivity contribution in [2.24, 2.45) is 5.73 Å². The van der Waals surface area contributed by atoms with Gasteiger partial charge in [-0.15, -0.1) is 11.3 Å². The number of fused-ring (bicyclic) bond motifs is 2. The van der Waals surface area contributed by atoms with E-state index in [0.717, 1.165) is 0 Å². The molecule has 11 nitrogen and oxygen atoms in total. The number of carbonyl (C=O) groups excluding carboxylic acids is 1. The first-order valence-corrected chi connectivity index (χ1v) is 13.6. The van der Waals surface area contributed by atoms with Gasteiger partial charge in [-0.3, -0.25) is 14.3 Å². The number of anilines is 2. The van der Waals surface area contributed by atoms with Crippen molar-refractivity contribution in [2.45, 2.75) is 31.3 Å². The van der Waals surface area contributed by atoms with Crippen molar-refractivity contribution in [3.05, 3.63) is 80.5 Å². The van der Waals surface area contributed by atoms with Crippen LogP contribution in [0.25, 0.3) is 22.4 Å². The molecule has 2 aromatic carbocycles. The van der Waals surface area contributed by atoms with Gasteiger partial charge < -0.3 is 21.9 Å². The molecule has 0 fully saturated rings. The minimum absolute atomic E-state index is 0.00788. The molecule has 6 N–H and O–H groups in total. The molecule has 1 amide bonds. The number of carboxylic acids is 1. The first kappa shape index (κ1) is 26.7. The highest BCUT2D eigenvalue weighted by atomic mass is 35.5. The topological polar surface area (TPSA) is 175 Å². The lowest BCUT2D eigenvalue weighted by atomic mass is 9.85. The van der Waals surface area contributed by atoms with E-state index in [2.05, 4.69) is 20.3 Å². The van der Waals surface area contributed by atoms with Crippen molar-refractivity contribution in [2.75, 3.05) is 11.1 Å². The quantitative estimate of drug-likeness (QED) is 0.220. The molecular weight excluding hydrogens is 571 g/mol. The molecule has 5 aromatic rings. The Labute approximate surface area is 241 Å². The number of benzene rings is 2. The predicted molar refractivity (Wildman–Crippen MR) is 152 cm³/mol. The molecule has 0 bridgehead atoms. The Morgan fingerprint density at radius 3 is 2.78 bits per heavy atom. The zero-order valence-corrected chi connectivity index (χ0v) is 23.0. The molecular formula is C27H22ClFN8O3S. The third kappa shape index (κ3) is 4.47. The van der Waals surface area contributed by atoms with Crippen LogP contribution in [0.15, 0.2) is 47.8 Å². The number of rotatable bonds is 7. The Kier molecular flexibility index (Phi) is 6.44. The van der Waals surface area contributed by atoms with Crippen molar-refractivity contribution in [3.8, 4) is 11.5 Å². The number of aromatic nitrogens is 5. The van der Waals surface area contributed by atoms with E-state index in [-0.39, 0.29) is 36.2 Å². The Morgan fingerprint density at radius 2 is 2.02 bits per heavy atom. The lowest BCUT2D eigenvalue weighted by molar-refractivity contribution is -0.138. The van der Waals surface area contributed by atoms with E-state index in [1.54, 1.807) is 53.4 Å². The first-order chi connectivity index (χ1) is 19.6. The number of carboxylic acid groups (broad SMARTS) is 1. The SMILES string of the molecule is CC1(c2nc(CC(N)C(=O)O)cs2)C(=O)Nc2nc(-c3nn(Cc4ccccc4F)c4cc(Cl)ccc34)nc(N)c21. The van der Waals surface area contributed by atoms with Crippen LogP contribution < -0.4 is 16.8 Å². The number of nitrogens with one attached hydrogen (secondary N) is 1. The molecule has 2 atom stereocenters. The van der Waals surface area contributed by atoms with Crippen LogP contribution in [0.2, 0.25) is 5.02 Å². The summed E-state index contributed by atoms with van der Waals surface area (Å²) in [4.78, 5) is 38.1. The molecule has 0 radical (unpaired) electrons. The van der Waals surface area contributed by atoms with Crippen LogP contribution >= 0.6 is 22.9 Å². The number of nitrogens with zero attached hydrogens (tertiary/aromatic N) is 5. The average molecular weight is 593 g/mol. The van der Waals surface area contributed by atoms with E-state index in [9.17, 15) is 14.0 Å². The van der Waals surface area contributed by atoms with E-state index in [4.69, 9.17) is 33.3 Å². The highest BCUT2D eigenvalue weighted by Gasteiger charge is 2.50.